The Balaban J connectivity index is 2.91. The Morgan fingerprint density at radius 1 is 1.09 bits per heavy atom. The van der Waals surface area contributed by atoms with E-state index in [9.17, 15) is 0 Å². The summed E-state index contributed by atoms with van der Waals surface area (Å²) < 4.78 is 1.04. The minimum absolute atomic E-state index is 1.04. The highest BCUT2D eigenvalue weighted by molar-refractivity contribution is 9.10. The molecule has 0 aromatic heterocycles. The third kappa shape index (κ3) is 1.16. The molecule has 2 aromatic carbocycles. The molecule has 0 fully saturated rings. The summed E-state index contributed by atoms with van der Waals surface area (Å²) in [5.74, 6) is 0. The third-order valence-corrected chi connectivity index (χ3v) is 2.33. The minimum Gasteiger partial charge on any atom is -0.0616 e. The lowest BCUT2D eigenvalue weighted by Crippen LogP contribution is -1.71. The predicted octanol–water partition coefficient (Wildman–Crippen LogP) is 3.40. The Labute approximate surface area is 74.0 Å². The fourth-order valence-electron chi connectivity index (χ4n) is 1.12. The molecule has 0 spiro atoms. The van der Waals surface area contributed by atoms with Crippen LogP contribution in [0.15, 0.2) is 40.9 Å². The van der Waals surface area contributed by atoms with Gasteiger partial charge in [0.15, 0.2) is 0 Å². The minimum atomic E-state index is 1.04. The molecule has 0 bridgehead atoms. The number of halogens is 1. The quantitative estimate of drug-likeness (QED) is 0.619. The molecule has 11 heavy (non-hydrogen) atoms. The van der Waals surface area contributed by atoms with E-state index in [0.29, 0.717) is 0 Å². The first-order valence-corrected chi connectivity index (χ1v) is 4.22. The molecule has 0 aliphatic carbocycles. The highest BCUT2D eigenvalue weighted by atomic mass is 79.9. The molecule has 0 aliphatic rings. The van der Waals surface area contributed by atoms with E-state index in [0.717, 1.165) is 4.47 Å². The van der Waals surface area contributed by atoms with Gasteiger partial charge in [0.25, 0.3) is 0 Å². The average Bonchev–Trinajstić information content (AvgIpc) is 2.06. The molecule has 0 N–H and O–H groups in total. The summed E-state index contributed by atoms with van der Waals surface area (Å²) in [6.07, 6.45) is 0. The molecule has 0 atom stereocenters. The number of benzene rings is 2. The summed E-state index contributed by atoms with van der Waals surface area (Å²) in [6.45, 7) is 0. The second kappa shape index (κ2) is 2.67. The van der Waals surface area contributed by atoms with Crippen molar-refractivity contribution in [2.24, 2.45) is 0 Å². The van der Waals surface area contributed by atoms with E-state index in [2.05, 4.69) is 40.2 Å². The third-order valence-electron chi connectivity index (χ3n) is 1.67. The van der Waals surface area contributed by atoms with Gasteiger partial charge in [0.2, 0.25) is 0 Å². The maximum atomic E-state index is 3.44. The van der Waals surface area contributed by atoms with Gasteiger partial charge in [-0.1, -0.05) is 36.4 Å². The second-order valence-corrected chi connectivity index (χ2v) is 3.17. The summed E-state index contributed by atoms with van der Waals surface area (Å²) in [6, 6.07) is 15.3. The molecule has 0 unspecified atom stereocenters. The van der Waals surface area contributed by atoms with E-state index in [1.165, 1.54) is 10.8 Å². The van der Waals surface area contributed by atoms with Crippen molar-refractivity contribution in [2.45, 2.75) is 0 Å². The van der Waals surface area contributed by atoms with Crippen LogP contribution in [-0.2, 0) is 0 Å². The molecule has 0 amide bonds. The predicted molar refractivity (Wildman–Crippen MR) is 50.5 cm³/mol. The Morgan fingerprint density at radius 2 is 1.91 bits per heavy atom. The Morgan fingerprint density at radius 3 is 2.73 bits per heavy atom. The Hall–Kier alpha value is -0.820. The van der Waals surface area contributed by atoms with Crippen LogP contribution in [0.25, 0.3) is 10.8 Å². The van der Waals surface area contributed by atoms with Gasteiger partial charge in [0.05, 0.1) is 0 Å². The SMILES string of the molecule is Brc1[c]ccc2ccccc12. The lowest BCUT2D eigenvalue weighted by atomic mass is 10.1. The van der Waals surface area contributed by atoms with Gasteiger partial charge in [-0.15, -0.1) is 0 Å². The first-order valence-electron chi connectivity index (χ1n) is 3.43. The van der Waals surface area contributed by atoms with Gasteiger partial charge in [0.1, 0.15) is 0 Å². The Bertz CT molecular complexity index is 374. The van der Waals surface area contributed by atoms with Crippen LogP contribution in [0.1, 0.15) is 0 Å². The molecular weight excluding hydrogens is 200 g/mol. The van der Waals surface area contributed by atoms with Crippen molar-refractivity contribution in [1.29, 1.82) is 0 Å². The molecule has 0 saturated heterocycles. The summed E-state index contributed by atoms with van der Waals surface area (Å²) in [5, 5.41) is 2.47. The van der Waals surface area contributed by atoms with E-state index >= 15 is 0 Å². The monoisotopic (exact) mass is 205 g/mol. The normalized spacial score (nSPS) is 10.3. The van der Waals surface area contributed by atoms with E-state index in [-0.39, 0.29) is 0 Å². The van der Waals surface area contributed by atoms with E-state index in [1.54, 1.807) is 0 Å². The average molecular weight is 206 g/mol. The van der Waals surface area contributed by atoms with Crippen LogP contribution in [0.3, 0.4) is 0 Å². The first kappa shape index (κ1) is 6.86. The summed E-state index contributed by atoms with van der Waals surface area (Å²) in [4.78, 5) is 0. The van der Waals surface area contributed by atoms with E-state index in [1.807, 2.05) is 18.2 Å². The van der Waals surface area contributed by atoms with Crippen molar-refractivity contribution in [3.8, 4) is 0 Å². The Kier molecular flexibility index (Phi) is 1.66. The zero-order valence-electron chi connectivity index (χ0n) is 5.84. The van der Waals surface area contributed by atoms with Crippen molar-refractivity contribution in [1.82, 2.24) is 0 Å². The van der Waals surface area contributed by atoms with Crippen LogP contribution >= 0.6 is 15.9 Å². The van der Waals surface area contributed by atoms with Crippen molar-refractivity contribution < 1.29 is 0 Å². The zero-order valence-corrected chi connectivity index (χ0v) is 7.43. The second-order valence-electron chi connectivity index (χ2n) is 2.38. The van der Waals surface area contributed by atoms with Gasteiger partial charge in [-0.25, -0.2) is 0 Å². The molecule has 2 rings (SSSR count). The molecular formula is C10H6Br. The van der Waals surface area contributed by atoms with Crippen molar-refractivity contribution in [3.05, 3.63) is 46.9 Å². The maximum Gasteiger partial charge on any atom is 0.0332 e. The van der Waals surface area contributed by atoms with Crippen LogP contribution < -0.4 is 0 Å². The lowest BCUT2D eigenvalue weighted by Gasteiger charge is -1.96. The van der Waals surface area contributed by atoms with Gasteiger partial charge < -0.3 is 0 Å². The summed E-state index contributed by atoms with van der Waals surface area (Å²) >= 11 is 3.44. The fourth-order valence-corrected chi connectivity index (χ4v) is 1.62. The van der Waals surface area contributed by atoms with Crippen LogP contribution in [-0.4, -0.2) is 0 Å². The zero-order chi connectivity index (χ0) is 7.68. The van der Waals surface area contributed by atoms with Crippen molar-refractivity contribution >= 4 is 26.7 Å². The number of hydrogen-bond acceptors (Lipinski definition) is 0. The van der Waals surface area contributed by atoms with E-state index < -0.39 is 0 Å². The van der Waals surface area contributed by atoms with Crippen molar-refractivity contribution in [3.63, 3.8) is 0 Å². The molecule has 0 aliphatic heterocycles. The van der Waals surface area contributed by atoms with Gasteiger partial charge in [-0.2, -0.15) is 0 Å². The van der Waals surface area contributed by atoms with Crippen LogP contribution in [0.2, 0.25) is 0 Å². The van der Waals surface area contributed by atoms with E-state index in [4.69, 9.17) is 0 Å². The van der Waals surface area contributed by atoms with Gasteiger partial charge in [-0.3, -0.25) is 0 Å². The number of rotatable bonds is 0. The molecule has 53 valence electrons. The number of hydrogen-bond donors (Lipinski definition) is 0. The number of fused-ring (bicyclic) bond motifs is 1. The summed E-state index contributed by atoms with van der Waals surface area (Å²) in [7, 11) is 0. The van der Waals surface area contributed by atoms with Crippen molar-refractivity contribution in [2.75, 3.05) is 0 Å². The van der Waals surface area contributed by atoms with Crippen LogP contribution in [0.5, 0.6) is 0 Å². The molecule has 0 saturated carbocycles. The molecule has 1 radical (unpaired) electrons. The molecule has 2 aromatic rings. The molecule has 0 heterocycles. The van der Waals surface area contributed by atoms with Gasteiger partial charge in [-0.05, 0) is 32.8 Å². The largest absolute Gasteiger partial charge is 0.0616 e. The molecule has 0 nitrogen and oxygen atoms in total. The van der Waals surface area contributed by atoms with Crippen LogP contribution in [0, 0.1) is 6.07 Å². The highest BCUT2D eigenvalue weighted by Crippen LogP contribution is 2.22. The summed E-state index contributed by atoms with van der Waals surface area (Å²) in [5.41, 5.74) is 0. The smallest absolute Gasteiger partial charge is 0.0332 e. The standard InChI is InChI=1S/C10H6Br/c11-10-7-3-5-8-4-1-2-6-9(8)10/h1-6H. The van der Waals surface area contributed by atoms with Crippen LogP contribution in [0.4, 0.5) is 0 Å². The lowest BCUT2D eigenvalue weighted by molar-refractivity contribution is 1.69. The topological polar surface area (TPSA) is 0 Å². The maximum absolute atomic E-state index is 3.44. The first-order chi connectivity index (χ1) is 5.38. The fraction of sp³-hybridized carbons (Fsp3) is 0. The van der Waals surface area contributed by atoms with Gasteiger partial charge >= 0.3 is 0 Å². The molecule has 1 heteroatoms. The van der Waals surface area contributed by atoms with Gasteiger partial charge in [0, 0.05) is 4.47 Å². The highest BCUT2D eigenvalue weighted by Gasteiger charge is 1.94.